The van der Waals surface area contributed by atoms with Gasteiger partial charge in [0.15, 0.2) is 0 Å². The number of carbonyl (C=O) groups excluding carboxylic acids is 2. The Morgan fingerprint density at radius 3 is 2.42 bits per heavy atom. The quantitative estimate of drug-likeness (QED) is 0.721. The maximum absolute atomic E-state index is 13.8. The van der Waals surface area contributed by atoms with Crippen molar-refractivity contribution in [2.45, 2.75) is 13.8 Å². The topological polar surface area (TPSA) is 70.2 Å². The van der Waals surface area contributed by atoms with Crippen LogP contribution in [-0.4, -0.2) is 18.4 Å². The summed E-state index contributed by atoms with van der Waals surface area (Å²) in [6.45, 7) is 3.18. The fourth-order valence-electron chi connectivity index (χ4n) is 2.04. The first-order valence-corrected chi connectivity index (χ1v) is 8.01. The zero-order chi connectivity index (χ0) is 17.7. The van der Waals surface area contributed by atoms with Gasteiger partial charge in [-0.2, -0.15) is 0 Å². The van der Waals surface area contributed by atoms with E-state index < -0.39 is 5.82 Å². The standard InChI is InChI=1S/C17H17BrFN3O2/c1-10-7-12(3-5-14(10)18)22-17(24)9-20-16-8-13(21-11(2)23)4-6-15(16)19/h3-8,20H,9H2,1-2H3,(H,21,23)(H,22,24). The van der Waals surface area contributed by atoms with Crippen LogP contribution in [0.25, 0.3) is 0 Å². The molecule has 5 nitrogen and oxygen atoms in total. The van der Waals surface area contributed by atoms with Crippen molar-refractivity contribution in [3.8, 4) is 0 Å². The van der Waals surface area contributed by atoms with Gasteiger partial charge >= 0.3 is 0 Å². The first-order valence-electron chi connectivity index (χ1n) is 7.22. The molecular weight excluding hydrogens is 377 g/mol. The molecule has 7 heteroatoms. The van der Waals surface area contributed by atoms with Gasteiger partial charge in [-0.15, -0.1) is 0 Å². The van der Waals surface area contributed by atoms with Crippen LogP contribution in [0, 0.1) is 12.7 Å². The van der Waals surface area contributed by atoms with Gasteiger partial charge in [-0.25, -0.2) is 4.39 Å². The van der Waals surface area contributed by atoms with Crippen LogP contribution in [0.5, 0.6) is 0 Å². The molecule has 0 bridgehead atoms. The fourth-order valence-corrected chi connectivity index (χ4v) is 2.29. The fraction of sp³-hybridized carbons (Fsp3) is 0.176. The Morgan fingerprint density at radius 2 is 1.75 bits per heavy atom. The van der Waals surface area contributed by atoms with Gasteiger partial charge in [0.1, 0.15) is 5.82 Å². The maximum atomic E-state index is 13.8. The third-order valence-electron chi connectivity index (χ3n) is 3.17. The highest BCUT2D eigenvalue weighted by atomic mass is 79.9. The van der Waals surface area contributed by atoms with E-state index >= 15 is 0 Å². The number of hydrogen-bond acceptors (Lipinski definition) is 3. The Bertz CT molecular complexity index is 780. The van der Waals surface area contributed by atoms with E-state index in [1.54, 1.807) is 6.07 Å². The SMILES string of the molecule is CC(=O)Nc1ccc(F)c(NCC(=O)Nc2ccc(Br)c(C)c2)c1. The van der Waals surface area contributed by atoms with Crippen molar-refractivity contribution in [2.75, 3.05) is 22.5 Å². The summed E-state index contributed by atoms with van der Waals surface area (Å²) >= 11 is 3.39. The molecule has 3 N–H and O–H groups in total. The molecule has 0 aliphatic carbocycles. The summed E-state index contributed by atoms with van der Waals surface area (Å²) in [6, 6.07) is 9.56. The molecule has 0 atom stereocenters. The number of rotatable bonds is 5. The third kappa shape index (κ3) is 5.06. The summed E-state index contributed by atoms with van der Waals surface area (Å²) in [5.41, 5.74) is 2.25. The molecule has 0 radical (unpaired) electrons. The first kappa shape index (κ1) is 17.9. The van der Waals surface area contributed by atoms with Crippen LogP contribution in [0.1, 0.15) is 12.5 Å². The minimum absolute atomic E-state index is 0.102. The van der Waals surface area contributed by atoms with Gasteiger partial charge in [-0.1, -0.05) is 15.9 Å². The molecule has 0 spiro atoms. The number of amides is 2. The monoisotopic (exact) mass is 393 g/mol. The number of aryl methyl sites for hydroxylation is 1. The first-order chi connectivity index (χ1) is 11.3. The van der Waals surface area contributed by atoms with Gasteiger partial charge in [-0.3, -0.25) is 9.59 Å². The molecule has 2 rings (SSSR count). The van der Waals surface area contributed by atoms with Crippen molar-refractivity contribution >= 4 is 44.8 Å². The lowest BCUT2D eigenvalue weighted by Crippen LogP contribution is -2.22. The Balaban J connectivity index is 1.98. The molecular formula is C17H17BrFN3O2. The van der Waals surface area contributed by atoms with E-state index in [9.17, 15) is 14.0 Å². The molecule has 24 heavy (non-hydrogen) atoms. The van der Waals surface area contributed by atoms with Gasteiger partial charge in [0, 0.05) is 22.8 Å². The Hall–Kier alpha value is -2.41. The number of benzene rings is 2. The maximum Gasteiger partial charge on any atom is 0.243 e. The highest BCUT2D eigenvalue weighted by Gasteiger charge is 2.08. The van der Waals surface area contributed by atoms with E-state index in [-0.39, 0.29) is 24.0 Å². The second-order valence-corrected chi connectivity index (χ2v) is 6.10. The lowest BCUT2D eigenvalue weighted by molar-refractivity contribution is -0.115. The Labute approximate surface area is 147 Å². The number of hydrogen-bond donors (Lipinski definition) is 3. The molecule has 0 aliphatic rings. The molecule has 2 amide bonds. The van der Waals surface area contributed by atoms with Crippen LogP contribution in [0.15, 0.2) is 40.9 Å². The Morgan fingerprint density at radius 1 is 1.08 bits per heavy atom. The predicted octanol–water partition coefficient (Wildman–Crippen LogP) is 3.91. The van der Waals surface area contributed by atoms with E-state index in [1.165, 1.54) is 25.1 Å². The second kappa shape index (κ2) is 7.92. The van der Waals surface area contributed by atoms with Crippen molar-refractivity contribution in [3.63, 3.8) is 0 Å². The minimum atomic E-state index is -0.503. The van der Waals surface area contributed by atoms with Crippen molar-refractivity contribution in [1.82, 2.24) is 0 Å². The number of halogens is 2. The summed E-state index contributed by atoms with van der Waals surface area (Å²) < 4.78 is 14.7. The highest BCUT2D eigenvalue weighted by molar-refractivity contribution is 9.10. The van der Waals surface area contributed by atoms with Crippen molar-refractivity contribution in [1.29, 1.82) is 0 Å². The van der Waals surface area contributed by atoms with Crippen molar-refractivity contribution < 1.29 is 14.0 Å². The number of carbonyl (C=O) groups is 2. The molecule has 2 aromatic rings. The normalized spacial score (nSPS) is 10.2. The smallest absolute Gasteiger partial charge is 0.243 e. The molecule has 0 fully saturated rings. The zero-order valence-electron chi connectivity index (χ0n) is 13.2. The van der Waals surface area contributed by atoms with Crippen LogP contribution >= 0.6 is 15.9 Å². The lowest BCUT2D eigenvalue weighted by atomic mass is 10.2. The van der Waals surface area contributed by atoms with Crippen LogP contribution in [0.3, 0.4) is 0 Å². The zero-order valence-corrected chi connectivity index (χ0v) is 14.8. The van der Waals surface area contributed by atoms with E-state index in [0.717, 1.165) is 10.0 Å². The van der Waals surface area contributed by atoms with Gasteiger partial charge in [0.05, 0.1) is 12.2 Å². The van der Waals surface area contributed by atoms with Gasteiger partial charge in [0.2, 0.25) is 11.8 Å². The number of nitrogens with one attached hydrogen (secondary N) is 3. The molecule has 0 unspecified atom stereocenters. The van der Waals surface area contributed by atoms with Gasteiger partial charge in [0.25, 0.3) is 0 Å². The van der Waals surface area contributed by atoms with Crippen LogP contribution in [0.4, 0.5) is 21.5 Å². The van der Waals surface area contributed by atoms with Crippen LogP contribution in [0.2, 0.25) is 0 Å². The second-order valence-electron chi connectivity index (χ2n) is 5.24. The summed E-state index contributed by atoms with van der Waals surface area (Å²) in [5.74, 6) is -1.06. The molecule has 0 saturated carbocycles. The molecule has 2 aromatic carbocycles. The van der Waals surface area contributed by atoms with Crippen molar-refractivity contribution in [2.24, 2.45) is 0 Å². The summed E-state index contributed by atoms with van der Waals surface area (Å²) in [5, 5.41) is 8.02. The Kier molecular flexibility index (Phi) is 5.92. The van der Waals surface area contributed by atoms with E-state index in [0.29, 0.717) is 11.4 Å². The largest absolute Gasteiger partial charge is 0.374 e. The summed E-state index contributed by atoms with van der Waals surface area (Å²) in [4.78, 5) is 23.0. The molecule has 126 valence electrons. The average Bonchev–Trinajstić information content (AvgIpc) is 2.51. The summed E-state index contributed by atoms with van der Waals surface area (Å²) in [6.07, 6.45) is 0. The van der Waals surface area contributed by atoms with E-state index in [1.807, 2.05) is 19.1 Å². The van der Waals surface area contributed by atoms with Crippen LogP contribution in [-0.2, 0) is 9.59 Å². The van der Waals surface area contributed by atoms with Gasteiger partial charge in [-0.05, 0) is 48.9 Å². The van der Waals surface area contributed by atoms with Crippen molar-refractivity contribution in [3.05, 3.63) is 52.3 Å². The predicted molar refractivity (Wildman–Crippen MR) is 96.7 cm³/mol. The molecule has 0 aliphatic heterocycles. The third-order valence-corrected chi connectivity index (χ3v) is 4.06. The van der Waals surface area contributed by atoms with E-state index in [4.69, 9.17) is 0 Å². The molecule has 0 saturated heterocycles. The number of anilines is 3. The average molecular weight is 394 g/mol. The minimum Gasteiger partial charge on any atom is -0.374 e. The van der Waals surface area contributed by atoms with Crippen LogP contribution < -0.4 is 16.0 Å². The highest BCUT2D eigenvalue weighted by Crippen LogP contribution is 2.21. The van der Waals surface area contributed by atoms with E-state index in [2.05, 4.69) is 31.9 Å². The molecule has 0 heterocycles. The molecule has 0 aromatic heterocycles. The van der Waals surface area contributed by atoms with Gasteiger partial charge < -0.3 is 16.0 Å². The summed E-state index contributed by atoms with van der Waals surface area (Å²) in [7, 11) is 0. The lowest BCUT2D eigenvalue weighted by Gasteiger charge is -2.11.